The third-order valence-electron chi connectivity index (χ3n) is 11.1. The molecule has 0 aliphatic carbocycles. The molecule has 62 heavy (non-hydrogen) atoms. The van der Waals surface area contributed by atoms with Crippen molar-refractivity contribution in [1.29, 1.82) is 0 Å². The first kappa shape index (κ1) is 38.3. The maximum absolute atomic E-state index is 8.59. The van der Waals surface area contributed by atoms with Crippen LogP contribution in [0, 0.1) is 24.9 Å². The normalized spacial score (nSPS) is 13.4. The molecule has 317 valence electrons. The van der Waals surface area contributed by atoms with Crippen LogP contribution >= 0.6 is 0 Å². The third-order valence-corrected chi connectivity index (χ3v) is 13.1. The van der Waals surface area contributed by atoms with Crippen LogP contribution in [-0.4, -0.2) is 22.6 Å². The number of pyridine rings is 1. The molecule has 0 fully saturated rings. The van der Waals surface area contributed by atoms with Crippen LogP contribution in [0.1, 0.15) is 82.5 Å². The molecule has 0 unspecified atom stereocenters. The number of rotatable bonds is 9. The Morgan fingerprint density at radius 1 is 0.758 bits per heavy atom. The molecule has 0 N–H and O–H groups in total. The Labute approximate surface area is 389 Å². The number of hydrogen-bond donors (Lipinski definition) is 0. The second kappa shape index (κ2) is 18.5. The van der Waals surface area contributed by atoms with Gasteiger partial charge >= 0.3 is 0 Å². The predicted molar refractivity (Wildman–Crippen MR) is 261 cm³/mol. The Bertz CT molecular complexity index is 3160. The smallest absolute Gasteiger partial charge is 0.120 e. The fourth-order valence-corrected chi connectivity index (χ4v) is 9.51. The van der Waals surface area contributed by atoms with Crippen LogP contribution in [0.25, 0.3) is 72.4 Å². The van der Waals surface area contributed by atoms with E-state index in [1.165, 1.54) is 34.0 Å². The number of imidazole rings is 1. The average Bonchev–Trinajstić information content (AvgIpc) is 3.87. The number of para-hydroxylation sites is 3. The molecule has 3 heterocycles. The van der Waals surface area contributed by atoms with E-state index in [1.54, 1.807) is 18.3 Å². The second-order valence-electron chi connectivity index (χ2n) is 17.8. The van der Waals surface area contributed by atoms with Gasteiger partial charge in [0.2, 0.25) is 0 Å². The second-order valence-corrected chi connectivity index (χ2v) is 22.8. The van der Waals surface area contributed by atoms with Crippen LogP contribution in [0.5, 0.6) is 0 Å². The van der Waals surface area contributed by atoms with Crippen LogP contribution in [0.3, 0.4) is 0 Å². The molecular formula is C56H57IrN3OSi-2. The first-order chi connectivity index (χ1) is 31.3. The molecule has 1 radical (unpaired) electrons. The molecule has 0 saturated heterocycles. The van der Waals surface area contributed by atoms with Gasteiger partial charge in [-0.15, -0.1) is 53.6 Å². The fraction of sp³-hybridized carbons (Fsp3) is 0.250. The average molecular weight is 1010 g/mol. The van der Waals surface area contributed by atoms with Gasteiger partial charge in [0, 0.05) is 44.2 Å². The standard InChI is InChI=1S/C37H31N2O.C19H26NSi.Ir/c1-23(2)30-21-26(25-13-6-5-7-14-25)22-31(24(3)4)35(30)39-33-19-10-9-18-32(33)38-37(39)29-17-12-16-28-27-15-8-11-20-34(27)40-36(28)29;1-14(2)11-17-12-18(16-9-7-15(3)8-10-16)20-13-19(17)21(4,5)6;/h5-16,18-24H,1-4H3;7-9,12-14H,11H2,1-6H3;/q2*-1;/i;3D3,11D2;. The zero-order valence-corrected chi connectivity index (χ0v) is 40.4. The molecule has 6 heteroatoms. The number of aromatic nitrogens is 3. The van der Waals surface area contributed by atoms with Crippen LogP contribution in [0.2, 0.25) is 19.6 Å². The monoisotopic (exact) mass is 1010 g/mol. The zero-order valence-electron chi connectivity index (χ0n) is 42.0. The van der Waals surface area contributed by atoms with E-state index < -0.39 is 21.3 Å². The predicted octanol–water partition coefficient (Wildman–Crippen LogP) is 14.9. The summed E-state index contributed by atoms with van der Waals surface area (Å²) in [5, 5.41) is 3.20. The minimum Gasteiger partial charge on any atom is -0.501 e. The van der Waals surface area contributed by atoms with E-state index in [2.05, 4.69) is 154 Å². The van der Waals surface area contributed by atoms with Gasteiger partial charge in [0.25, 0.3) is 0 Å². The summed E-state index contributed by atoms with van der Waals surface area (Å²) in [4.78, 5) is 9.77. The molecule has 0 aliphatic heterocycles. The van der Waals surface area contributed by atoms with Gasteiger partial charge in [0.15, 0.2) is 0 Å². The summed E-state index contributed by atoms with van der Waals surface area (Å²) in [7, 11) is -1.78. The molecule has 9 aromatic rings. The van der Waals surface area contributed by atoms with Crippen LogP contribution in [0.4, 0.5) is 0 Å². The summed E-state index contributed by atoms with van der Waals surface area (Å²) < 4.78 is 48.4. The summed E-state index contributed by atoms with van der Waals surface area (Å²) >= 11 is 0. The SMILES string of the molecule is CC(C)c1cc(-c2ccccc2)cc(C(C)C)c1-n1c(-c2[c-]ccc3c2oc2ccccc23)nc2ccccc21.[2H]C([2H])([2H])c1c[c-]c(-c2cc(C([2H])([2H])C(C)C)c([Si](C)(C)C)cn2)cc1.[Ir]. The van der Waals surface area contributed by atoms with Gasteiger partial charge in [-0.3, -0.25) is 4.98 Å². The Kier molecular flexibility index (Phi) is 11.4. The summed E-state index contributed by atoms with van der Waals surface area (Å²) in [6, 6.07) is 49.2. The van der Waals surface area contributed by atoms with Crippen LogP contribution < -0.4 is 5.19 Å². The van der Waals surface area contributed by atoms with E-state index in [0.29, 0.717) is 28.7 Å². The minimum atomic E-state index is -2.16. The van der Waals surface area contributed by atoms with Gasteiger partial charge in [-0.05, 0) is 87.6 Å². The van der Waals surface area contributed by atoms with Crippen molar-refractivity contribution < 1.29 is 31.4 Å². The number of benzene rings is 6. The van der Waals surface area contributed by atoms with Gasteiger partial charge < -0.3 is 14.0 Å². The van der Waals surface area contributed by atoms with Gasteiger partial charge in [-0.25, -0.2) is 0 Å². The topological polar surface area (TPSA) is 43.9 Å². The third kappa shape index (κ3) is 9.06. The van der Waals surface area contributed by atoms with Crippen LogP contribution in [0.15, 0.2) is 138 Å². The number of furan rings is 1. The molecule has 6 aromatic carbocycles. The van der Waals surface area contributed by atoms with Crippen molar-refractivity contribution >= 4 is 46.2 Å². The Balaban J connectivity index is 0.000000216. The molecule has 9 rings (SSSR count). The Morgan fingerprint density at radius 2 is 1.45 bits per heavy atom. The molecule has 0 aliphatic rings. The summed E-state index contributed by atoms with van der Waals surface area (Å²) in [6.45, 7) is 17.3. The van der Waals surface area contributed by atoms with Gasteiger partial charge in [-0.1, -0.05) is 151 Å². The van der Waals surface area contributed by atoms with Gasteiger partial charge in [0.05, 0.1) is 30.5 Å². The molecule has 4 nitrogen and oxygen atoms in total. The maximum Gasteiger partial charge on any atom is 0.120 e. The molecule has 0 spiro atoms. The van der Waals surface area contributed by atoms with Crippen molar-refractivity contribution in [2.45, 2.75) is 86.2 Å². The summed E-state index contributed by atoms with van der Waals surface area (Å²) in [5.74, 6) is 1.28. The largest absolute Gasteiger partial charge is 0.501 e. The number of aryl methyl sites for hydroxylation is 1. The van der Waals surface area contributed by atoms with Crippen LogP contribution in [-0.2, 0) is 26.5 Å². The first-order valence-corrected chi connectivity index (χ1v) is 24.8. The Morgan fingerprint density at radius 3 is 2.11 bits per heavy atom. The number of hydrogen-bond acceptors (Lipinski definition) is 3. The maximum atomic E-state index is 8.59. The van der Waals surface area contributed by atoms with Crippen molar-refractivity contribution in [3.63, 3.8) is 0 Å². The molecule has 0 amide bonds. The van der Waals surface area contributed by atoms with Crippen molar-refractivity contribution in [3.05, 3.63) is 168 Å². The van der Waals surface area contributed by atoms with Crippen molar-refractivity contribution in [1.82, 2.24) is 14.5 Å². The molecule has 0 bridgehead atoms. The quantitative estimate of drug-likeness (QED) is 0.107. The first-order valence-electron chi connectivity index (χ1n) is 23.8. The van der Waals surface area contributed by atoms with E-state index in [9.17, 15) is 0 Å². The molecular weight excluding hydrogens is 951 g/mol. The number of fused-ring (bicyclic) bond motifs is 4. The molecule has 0 atom stereocenters. The van der Waals surface area contributed by atoms with E-state index in [4.69, 9.17) is 16.3 Å². The van der Waals surface area contributed by atoms with E-state index in [-0.39, 0.29) is 31.6 Å². The van der Waals surface area contributed by atoms with Gasteiger partial charge in [-0.2, -0.15) is 0 Å². The van der Waals surface area contributed by atoms with Crippen molar-refractivity contribution in [2.24, 2.45) is 5.92 Å². The van der Waals surface area contributed by atoms with Gasteiger partial charge in [0.1, 0.15) is 5.58 Å². The van der Waals surface area contributed by atoms with Crippen molar-refractivity contribution in [2.75, 3.05) is 0 Å². The Hall–Kier alpha value is -5.39. The molecule has 3 aromatic heterocycles. The van der Waals surface area contributed by atoms with E-state index in [1.807, 2.05) is 38.1 Å². The van der Waals surface area contributed by atoms with Crippen molar-refractivity contribution in [3.8, 4) is 39.5 Å². The summed E-state index contributed by atoms with van der Waals surface area (Å²) in [5.41, 5.74) is 13.1. The zero-order chi connectivity index (χ0) is 47.3. The van der Waals surface area contributed by atoms with E-state index in [0.717, 1.165) is 49.5 Å². The summed E-state index contributed by atoms with van der Waals surface area (Å²) in [6.07, 6.45) is 0.328. The van der Waals surface area contributed by atoms with E-state index >= 15 is 0 Å². The fourth-order valence-electron chi connectivity index (χ4n) is 8.11. The molecule has 0 saturated carbocycles. The number of nitrogens with zero attached hydrogens (tertiary/aromatic N) is 3. The minimum absolute atomic E-state index is 0.